The van der Waals surface area contributed by atoms with Gasteiger partial charge in [-0.1, -0.05) is 0 Å². The van der Waals surface area contributed by atoms with Crippen LogP contribution < -0.4 is 28.2 Å². The first-order valence-electron chi connectivity index (χ1n) is 0. The van der Waals surface area contributed by atoms with Gasteiger partial charge in [-0.25, -0.2) is 0 Å². The molecule has 0 amide bonds. The zero-order valence-corrected chi connectivity index (χ0v) is 5.00. The summed E-state index contributed by atoms with van der Waals surface area (Å²) in [6.07, 6.45) is 0. The number of rotatable bonds is 0. The molecule has 0 saturated heterocycles. The number of hydrogen-bond donors (Lipinski definition) is 0. The molecule has 0 aliphatic heterocycles. The maximum absolute atomic E-state index is 0. The minimum absolute atomic E-state index is 0. The first kappa shape index (κ1) is 5330. The Bertz CT molecular complexity index is 4.14. The average molecular weight is 306 g/mol. The zero-order chi connectivity index (χ0) is 0. The first-order valence-corrected chi connectivity index (χ1v) is 0. The number of halogens is 6. The fraction of sp³-hybridized carbons (Fsp3) is 0. The maximum Gasteiger partial charge on any atom is 6.00 e. The predicted molar refractivity (Wildman–Crippen MR) is 0 cm³/mol. The van der Waals surface area contributed by atoms with Crippen LogP contribution in [0.1, 0.15) is 0 Å². The molecule has 0 fully saturated rings. The minimum atomic E-state index is 0. The normalized spacial score (nSPS) is 0. The fourth-order valence-corrected chi connectivity index (χ4v) is 0. The molecule has 0 bridgehead atoms. The van der Waals surface area contributed by atoms with Crippen LogP contribution in [0.4, 0.5) is 0 Å². The van der Waals surface area contributed by atoms with E-state index in [0.717, 1.165) is 0 Å². The maximum atomic E-state index is 0. The molecule has 51 valence electrons. The third-order valence-corrected chi connectivity index (χ3v) is 0. The quantitative estimate of drug-likeness (QED) is 0.390. The van der Waals surface area contributed by atoms with Crippen LogP contribution in [0.15, 0.2) is 0 Å². The van der Waals surface area contributed by atoms with Gasteiger partial charge in [-0.2, -0.15) is 0 Å². The predicted octanol–water partition coefficient (Wildman–Crippen LogP) is -18.0. The van der Waals surface area contributed by atoms with Gasteiger partial charge in [-0.05, 0) is 0 Å². The van der Waals surface area contributed by atoms with Crippen LogP contribution in [0, 0.1) is 0 Å². The van der Waals surface area contributed by atoms with Crippen molar-refractivity contribution in [2.24, 2.45) is 0 Å². The molecule has 1 radical (unpaired) electrons. The van der Waals surface area contributed by atoms with Crippen LogP contribution in [0.25, 0.3) is 0 Å². The van der Waals surface area contributed by atoms with Gasteiger partial charge in [0.2, 0.25) is 0 Å². The smallest absolute Gasteiger partial charge is 1.00 e. The molecule has 0 aromatic carbocycles. The van der Waals surface area contributed by atoms with Gasteiger partial charge in [0.1, 0.15) is 0 Å². The van der Waals surface area contributed by atoms with E-state index in [1.54, 1.807) is 0 Å². The van der Waals surface area contributed by atoms with Crippen molar-refractivity contribution in [2.45, 2.75) is 0 Å². The summed E-state index contributed by atoms with van der Waals surface area (Å²) in [6.45, 7) is 0. The van der Waals surface area contributed by atoms with Crippen LogP contribution in [0.2, 0.25) is 0 Å². The van der Waals surface area contributed by atoms with E-state index in [9.17, 15) is 0 Å². The molecular weight excluding hydrogens is 306 g/mol. The van der Waals surface area contributed by atoms with Gasteiger partial charge >= 0.3 is 20.1 Å². The Hall–Kier alpha value is 0.229. The van der Waals surface area contributed by atoms with E-state index >= 15 is 0 Å². The van der Waals surface area contributed by atoms with Crippen molar-refractivity contribution in [3.8, 4) is 0 Å². The van der Waals surface area contributed by atoms with Gasteiger partial charge in [0, 0.05) is 0 Å². The fourth-order valence-electron chi connectivity index (χ4n) is 0. The van der Waals surface area contributed by atoms with Crippen LogP contribution in [0.3, 0.4) is 0 Å². The van der Waals surface area contributed by atoms with Crippen molar-refractivity contribution in [3.63, 3.8) is 0 Å². The average Bonchev–Trinajstić information content (AvgIpc) is 0. The Labute approximate surface area is 49.2 Å². The SMILES string of the molecule is [F-].[F-].[F-].[F-].[F-].[F-].[Ir+6]. The van der Waals surface area contributed by atoms with Gasteiger partial charge in [-0.3, -0.25) is 0 Å². The van der Waals surface area contributed by atoms with E-state index in [4.69, 9.17) is 0 Å². The van der Waals surface area contributed by atoms with Crippen molar-refractivity contribution in [1.82, 2.24) is 0 Å². The molecule has 0 aliphatic carbocycles. The Kier molecular flexibility index (Phi) is 2470000. The molecule has 0 heterocycles. The summed E-state index contributed by atoms with van der Waals surface area (Å²) in [5.74, 6) is 0. The molecule has 0 spiro atoms. The van der Waals surface area contributed by atoms with Crippen LogP contribution >= 0.6 is 0 Å². The second-order valence-electron chi connectivity index (χ2n) is 0. The Morgan fingerprint density at radius 2 is 0.286 bits per heavy atom. The van der Waals surface area contributed by atoms with Gasteiger partial charge in [0.15, 0.2) is 0 Å². The summed E-state index contributed by atoms with van der Waals surface area (Å²) < 4.78 is 0. The van der Waals surface area contributed by atoms with E-state index in [-0.39, 0.29) is 48.3 Å². The van der Waals surface area contributed by atoms with Crippen molar-refractivity contribution in [2.75, 3.05) is 0 Å². The minimum Gasteiger partial charge on any atom is -1.00 e. The van der Waals surface area contributed by atoms with Crippen molar-refractivity contribution in [1.29, 1.82) is 0 Å². The molecule has 7 heavy (non-hydrogen) atoms. The van der Waals surface area contributed by atoms with Gasteiger partial charge in [0.05, 0.1) is 0 Å². The topological polar surface area (TPSA) is 0 Å². The molecule has 0 rings (SSSR count). The summed E-state index contributed by atoms with van der Waals surface area (Å²) in [5, 5.41) is 0. The largest absolute Gasteiger partial charge is 6.00 e. The molecule has 0 aliphatic rings. The molecule has 0 unspecified atom stereocenters. The molecular formula is F6Ir. The van der Waals surface area contributed by atoms with Gasteiger partial charge < -0.3 is 28.2 Å². The molecule has 0 aromatic rings. The summed E-state index contributed by atoms with van der Waals surface area (Å²) in [5.41, 5.74) is 0. The molecule has 0 atom stereocenters. The standard InChI is InChI=1S/6FH.Ir/h6*1H;/q;;;;;;+6/p-6. The molecule has 0 N–H and O–H groups in total. The van der Waals surface area contributed by atoms with Crippen molar-refractivity contribution < 1.29 is 48.3 Å². The zero-order valence-electron chi connectivity index (χ0n) is 2.60. The van der Waals surface area contributed by atoms with E-state index in [1.807, 2.05) is 0 Å². The van der Waals surface area contributed by atoms with Gasteiger partial charge in [0.25, 0.3) is 0 Å². The van der Waals surface area contributed by atoms with Crippen molar-refractivity contribution >= 4 is 0 Å². The molecule has 0 nitrogen and oxygen atoms in total. The van der Waals surface area contributed by atoms with Crippen LogP contribution in [0.5, 0.6) is 0 Å². The molecule has 0 saturated carbocycles. The monoisotopic (exact) mass is 307 g/mol. The van der Waals surface area contributed by atoms with Gasteiger partial charge in [-0.15, -0.1) is 0 Å². The van der Waals surface area contributed by atoms with Crippen LogP contribution in [-0.2, 0) is 20.1 Å². The van der Waals surface area contributed by atoms with Crippen LogP contribution in [-0.4, -0.2) is 0 Å². The second kappa shape index (κ2) is 3240. The summed E-state index contributed by atoms with van der Waals surface area (Å²) in [4.78, 5) is 0. The third-order valence-electron chi connectivity index (χ3n) is 0. The summed E-state index contributed by atoms with van der Waals surface area (Å²) in [7, 11) is 0. The molecule has 0 aromatic heterocycles. The third kappa shape index (κ3) is 2120. The Balaban J connectivity index is 0. The second-order valence-corrected chi connectivity index (χ2v) is 0. The summed E-state index contributed by atoms with van der Waals surface area (Å²) >= 11 is 0. The number of hydrogen-bond acceptors (Lipinski definition) is 0. The van der Waals surface area contributed by atoms with E-state index in [0.29, 0.717) is 0 Å². The van der Waals surface area contributed by atoms with E-state index < -0.39 is 0 Å². The van der Waals surface area contributed by atoms with Crippen molar-refractivity contribution in [3.05, 3.63) is 0 Å². The summed E-state index contributed by atoms with van der Waals surface area (Å²) in [6, 6.07) is 0. The first-order chi connectivity index (χ1) is 0. The van der Waals surface area contributed by atoms with E-state index in [1.165, 1.54) is 0 Å². The molecule has 7 heteroatoms. The Morgan fingerprint density at radius 3 is 0.286 bits per heavy atom. The Morgan fingerprint density at radius 1 is 0.286 bits per heavy atom. The van der Waals surface area contributed by atoms with E-state index in [2.05, 4.69) is 0 Å².